The van der Waals surface area contributed by atoms with E-state index in [0.717, 1.165) is 9.80 Å². The molecule has 0 amide bonds. The Morgan fingerprint density at radius 1 is 1.05 bits per heavy atom. The molecule has 0 aliphatic rings. The van der Waals surface area contributed by atoms with Gasteiger partial charge in [-0.05, 0) is 24.1 Å². The highest BCUT2D eigenvalue weighted by Crippen LogP contribution is 2.24. The molecule has 0 bridgehead atoms. The van der Waals surface area contributed by atoms with Crippen LogP contribution in [0.2, 0.25) is 0 Å². The molecule has 2 aromatic carbocycles. The Kier molecular flexibility index (Phi) is 5.61. The summed E-state index contributed by atoms with van der Waals surface area (Å²) in [5.74, 6) is 0. The van der Waals surface area contributed by atoms with Gasteiger partial charge in [-0.3, -0.25) is 0 Å². The minimum atomic E-state index is 0.0766. The summed E-state index contributed by atoms with van der Waals surface area (Å²) in [7, 11) is 0. The maximum Gasteiger partial charge on any atom is 0.0926 e. The second-order valence-corrected chi connectivity index (χ2v) is 5.96. The number of hydrogen-bond donors (Lipinski definition) is 0. The van der Waals surface area contributed by atoms with Gasteiger partial charge in [0.2, 0.25) is 0 Å². The van der Waals surface area contributed by atoms with Crippen LogP contribution in [0.4, 0.5) is 0 Å². The zero-order valence-electron chi connectivity index (χ0n) is 10.8. The third kappa shape index (κ3) is 4.16. The second-order valence-electron chi connectivity index (χ2n) is 4.46. The molecule has 2 rings (SSSR count). The van der Waals surface area contributed by atoms with Crippen molar-refractivity contribution in [1.82, 2.24) is 0 Å². The first-order chi connectivity index (χ1) is 9.20. The lowest BCUT2D eigenvalue weighted by molar-refractivity contribution is 0.0562. The molecular weight excluding hydrogens is 368 g/mol. The van der Waals surface area contributed by atoms with Crippen LogP contribution in [0.15, 0.2) is 53.0 Å². The van der Waals surface area contributed by atoms with E-state index >= 15 is 0 Å². The zero-order chi connectivity index (χ0) is 13.7. The number of hydrogen-bond acceptors (Lipinski definition) is 1. The largest absolute Gasteiger partial charge is 0.368 e. The van der Waals surface area contributed by atoms with Crippen molar-refractivity contribution in [3.05, 3.63) is 69.7 Å². The Morgan fingerprint density at radius 3 is 2.37 bits per heavy atom. The molecule has 2 aromatic rings. The Labute approximate surface area is 131 Å². The molecule has 1 atom stereocenters. The van der Waals surface area contributed by atoms with E-state index in [9.17, 15) is 0 Å². The van der Waals surface area contributed by atoms with Gasteiger partial charge in [-0.25, -0.2) is 0 Å². The zero-order valence-corrected chi connectivity index (χ0v) is 13.9. The highest BCUT2D eigenvalue weighted by molar-refractivity contribution is 9.10. The minimum Gasteiger partial charge on any atom is -0.368 e. The smallest absolute Gasteiger partial charge is 0.0926 e. The van der Waals surface area contributed by atoms with Crippen LogP contribution < -0.4 is 0 Å². The summed E-state index contributed by atoms with van der Waals surface area (Å²) in [6, 6.07) is 16.6. The highest BCUT2D eigenvalue weighted by Gasteiger charge is 2.11. The van der Waals surface area contributed by atoms with Crippen molar-refractivity contribution in [2.75, 3.05) is 5.33 Å². The molecule has 0 aliphatic heterocycles. The molecule has 0 saturated heterocycles. The fourth-order valence-electron chi connectivity index (χ4n) is 1.82. The lowest BCUT2D eigenvalue weighted by Crippen LogP contribution is -2.06. The fourth-order valence-corrected chi connectivity index (χ4v) is 2.78. The van der Waals surface area contributed by atoms with E-state index in [2.05, 4.69) is 69.1 Å². The van der Waals surface area contributed by atoms with Crippen molar-refractivity contribution in [3.8, 4) is 0 Å². The average molecular weight is 384 g/mol. The van der Waals surface area contributed by atoms with Crippen LogP contribution in [0.5, 0.6) is 0 Å². The Balaban J connectivity index is 2.04. The lowest BCUT2D eigenvalue weighted by Gasteiger charge is -2.16. The molecule has 1 unspecified atom stereocenters. The summed E-state index contributed by atoms with van der Waals surface area (Å²) in [6.07, 6.45) is 0.0766. The molecule has 1 nitrogen and oxygen atoms in total. The van der Waals surface area contributed by atoms with E-state index in [1.807, 2.05) is 18.2 Å². The number of ether oxygens (including phenoxy) is 1. The summed E-state index contributed by atoms with van der Waals surface area (Å²) < 4.78 is 7.10. The molecule has 0 heterocycles. The van der Waals surface area contributed by atoms with Gasteiger partial charge in [0.1, 0.15) is 0 Å². The summed E-state index contributed by atoms with van der Waals surface area (Å²) in [4.78, 5) is 0. The molecule has 0 aromatic heterocycles. The highest BCUT2D eigenvalue weighted by atomic mass is 79.9. The summed E-state index contributed by atoms with van der Waals surface area (Å²) in [6.45, 7) is 2.69. The van der Waals surface area contributed by atoms with E-state index in [1.54, 1.807) is 0 Å². The Morgan fingerprint density at radius 2 is 1.74 bits per heavy atom. The van der Waals surface area contributed by atoms with Crippen molar-refractivity contribution in [1.29, 1.82) is 0 Å². The SMILES string of the molecule is Cc1ccc(C(CBr)OCc2ccccc2Br)cc1. The number of benzene rings is 2. The van der Waals surface area contributed by atoms with E-state index in [-0.39, 0.29) is 6.10 Å². The van der Waals surface area contributed by atoms with Crippen LogP contribution in [0, 0.1) is 6.92 Å². The van der Waals surface area contributed by atoms with Gasteiger partial charge in [-0.1, -0.05) is 79.9 Å². The number of rotatable bonds is 5. The van der Waals surface area contributed by atoms with Crippen LogP contribution in [-0.2, 0) is 11.3 Å². The van der Waals surface area contributed by atoms with Crippen molar-refractivity contribution < 1.29 is 4.74 Å². The third-order valence-corrected chi connectivity index (χ3v) is 4.35. The van der Waals surface area contributed by atoms with Gasteiger partial charge in [-0.15, -0.1) is 0 Å². The van der Waals surface area contributed by atoms with E-state index in [4.69, 9.17) is 4.74 Å². The number of aryl methyl sites for hydroxylation is 1. The first kappa shape index (κ1) is 14.8. The molecule has 0 saturated carbocycles. The van der Waals surface area contributed by atoms with Gasteiger partial charge in [0.05, 0.1) is 12.7 Å². The molecule has 100 valence electrons. The van der Waals surface area contributed by atoms with Crippen LogP contribution >= 0.6 is 31.9 Å². The quantitative estimate of drug-likeness (QED) is 0.627. The number of alkyl halides is 1. The van der Waals surface area contributed by atoms with Crippen molar-refractivity contribution in [2.45, 2.75) is 19.6 Å². The van der Waals surface area contributed by atoms with Gasteiger partial charge < -0.3 is 4.74 Å². The van der Waals surface area contributed by atoms with Gasteiger partial charge >= 0.3 is 0 Å². The van der Waals surface area contributed by atoms with Gasteiger partial charge in [0, 0.05) is 9.80 Å². The van der Waals surface area contributed by atoms with Crippen molar-refractivity contribution >= 4 is 31.9 Å². The minimum absolute atomic E-state index is 0.0766. The molecule has 0 spiro atoms. The molecule has 0 aliphatic carbocycles. The molecule has 19 heavy (non-hydrogen) atoms. The summed E-state index contributed by atoms with van der Waals surface area (Å²) in [5, 5.41) is 0.792. The van der Waals surface area contributed by atoms with Crippen molar-refractivity contribution in [3.63, 3.8) is 0 Å². The van der Waals surface area contributed by atoms with Gasteiger partial charge in [0.25, 0.3) is 0 Å². The maximum absolute atomic E-state index is 6.01. The van der Waals surface area contributed by atoms with Gasteiger partial charge in [0.15, 0.2) is 0 Å². The van der Waals surface area contributed by atoms with E-state index in [1.165, 1.54) is 16.7 Å². The molecular formula is C16H16Br2O. The average Bonchev–Trinajstić information content (AvgIpc) is 2.43. The summed E-state index contributed by atoms with van der Waals surface area (Å²) >= 11 is 7.07. The normalized spacial score (nSPS) is 12.4. The first-order valence-electron chi connectivity index (χ1n) is 6.18. The van der Waals surface area contributed by atoms with Crippen LogP contribution in [0.25, 0.3) is 0 Å². The topological polar surface area (TPSA) is 9.23 Å². The monoisotopic (exact) mass is 382 g/mol. The van der Waals surface area contributed by atoms with E-state index < -0.39 is 0 Å². The third-order valence-electron chi connectivity index (χ3n) is 2.99. The Bertz CT molecular complexity index is 523. The van der Waals surface area contributed by atoms with Crippen LogP contribution in [0.1, 0.15) is 22.8 Å². The van der Waals surface area contributed by atoms with Crippen LogP contribution in [-0.4, -0.2) is 5.33 Å². The van der Waals surface area contributed by atoms with Crippen LogP contribution in [0.3, 0.4) is 0 Å². The fraction of sp³-hybridized carbons (Fsp3) is 0.250. The second kappa shape index (κ2) is 7.22. The standard InChI is InChI=1S/C16H16Br2O/c1-12-6-8-13(9-7-12)16(10-17)19-11-14-4-2-3-5-15(14)18/h2-9,16H,10-11H2,1H3. The first-order valence-corrected chi connectivity index (χ1v) is 8.09. The van der Waals surface area contributed by atoms with E-state index in [0.29, 0.717) is 6.61 Å². The van der Waals surface area contributed by atoms with Gasteiger partial charge in [-0.2, -0.15) is 0 Å². The molecule has 0 fully saturated rings. The molecule has 0 radical (unpaired) electrons. The molecule has 3 heteroatoms. The maximum atomic E-state index is 6.01. The molecule has 0 N–H and O–H groups in total. The lowest BCUT2D eigenvalue weighted by atomic mass is 10.1. The summed E-state index contributed by atoms with van der Waals surface area (Å²) in [5.41, 5.74) is 3.64. The Hall–Kier alpha value is -0.640. The predicted octanol–water partition coefficient (Wildman–Crippen LogP) is 5.41. The van der Waals surface area contributed by atoms with Crippen molar-refractivity contribution in [2.24, 2.45) is 0 Å². The number of halogens is 2. The predicted molar refractivity (Wildman–Crippen MR) is 86.6 cm³/mol.